The minimum Gasteiger partial charge on any atom is -0.374 e. The van der Waals surface area contributed by atoms with Crippen molar-refractivity contribution in [2.24, 2.45) is 0 Å². The predicted octanol–water partition coefficient (Wildman–Crippen LogP) is 1.96. The fourth-order valence-electron chi connectivity index (χ4n) is 3.67. The summed E-state index contributed by atoms with van der Waals surface area (Å²) in [5.74, 6) is 0.0576. The number of hydrogen-bond acceptors (Lipinski definition) is 6. The third-order valence-electron chi connectivity index (χ3n) is 5.05. The average molecular weight is 358 g/mol. The van der Waals surface area contributed by atoms with Gasteiger partial charge in [0, 0.05) is 43.4 Å². The maximum absolute atomic E-state index is 12.9. The van der Waals surface area contributed by atoms with Gasteiger partial charge in [0.1, 0.15) is 0 Å². The molecule has 0 unspecified atom stereocenters. The van der Waals surface area contributed by atoms with Gasteiger partial charge in [-0.25, -0.2) is 4.98 Å². The molecule has 2 fully saturated rings. The second kappa shape index (κ2) is 7.19. The molecule has 2 atom stereocenters. The van der Waals surface area contributed by atoms with Crippen LogP contribution in [0, 0.1) is 6.92 Å². The van der Waals surface area contributed by atoms with Gasteiger partial charge >= 0.3 is 0 Å². The lowest BCUT2D eigenvalue weighted by Gasteiger charge is -2.47. The van der Waals surface area contributed by atoms with Crippen molar-refractivity contribution >= 4 is 17.2 Å². The van der Waals surface area contributed by atoms with Crippen molar-refractivity contribution < 1.29 is 9.53 Å². The monoisotopic (exact) mass is 358 g/mol. The van der Waals surface area contributed by atoms with Gasteiger partial charge in [0.25, 0.3) is 5.91 Å². The van der Waals surface area contributed by atoms with Gasteiger partial charge < -0.3 is 9.64 Å². The standard InChI is InChI=1S/C18H22N4O2S/c1-13-17(25-12-20-13)11-21-6-4-16-15(10-21)22(7-8-24-16)18(23)14-3-2-5-19-9-14/h2-3,5,9,12,15-16H,4,6-8,10-11H2,1H3/t15-,16-/m0/s1. The van der Waals surface area contributed by atoms with E-state index in [-0.39, 0.29) is 18.1 Å². The van der Waals surface area contributed by atoms with Crippen molar-refractivity contribution in [3.63, 3.8) is 0 Å². The first-order valence-electron chi connectivity index (χ1n) is 8.66. The molecule has 2 aromatic rings. The molecular weight excluding hydrogens is 336 g/mol. The van der Waals surface area contributed by atoms with Crippen LogP contribution in [0.3, 0.4) is 0 Å². The minimum absolute atomic E-state index is 0.0576. The van der Waals surface area contributed by atoms with Gasteiger partial charge in [0.2, 0.25) is 0 Å². The first-order valence-corrected chi connectivity index (χ1v) is 9.54. The van der Waals surface area contributed by atoms with Gasteiger partial charge in [-0.1, -0.05) is 0 Å². The minimum atomic E-state index is 0.0576. The van der Waals surface area contributed by atoms with Crippen LogP contribution in [0.2, 0.25) is 0 Å². The number of carbonyl (C=O) groups excluding carboxylic acids is 1. The Morgan fingerprint density at radius 1 is 1.44 bits per heavy atom. The van der Waals surface area contributed by atoms with Gasteiger partial charge in [-0.05, 0) is 25.5 Å². The van der Waals surface area contributed by atoms with Crippen molar-refractivity contribution in [1.29, 1.82) is 0 Å². The Bertz CT molecular complexity index is 736. The average Bonchev–Trinajstić information content (AvgIpc) is 3.06. The molecule has 1 amide bonds. The Labute approximate surface area is 151 Å². The summed E-state index contributed by atoms with van der Waals surface area (Å²) in [6, 6.07) is 3.75. The van der Waals surface area contributed by atoms with Crippen molar-refractivity contribution in [3.05, 3.63) is 46.2 Å². The number of amides is 1. The van der Waals surface area contributed by atoms with E-state index in [0.29, 0.717) is 18.7 Å². The zero-order chi connectivity index (χ0) is 17.2. The van der Waals surface area contributed by atoms with E-state index in [9.17, 15) is 4.79 Å². The molecule has 0 aliphatic carbocycles. The molecule has 4 heterocycles. The highest BCUT2D eigenvalue weighted by molar-refractivity contribution is 7.09. The summed E-state index contributed by atoms with van der Waals surface area (Å²) < 4.78 is 5.96. The smallest absolute Gasteiger partial charge is 0.255 e. The lowest BCUT2D eigenvalue weighted by Crippen LogP contribution is -2.61. The van der Waals surface area contributed by atoms with Crippen molar-refractivity contribution in [3.8, 4) is 0 Å². The summed E-state index contributed by atoms with van der Waals surface area (Å²) in [5.41, 5.74) is 3.66. The molecule has 0 N–H and O–H groups in total. The first-order chi connectivity index (χ1) is 12.2. The Kier molecular flexibility index (Phi) is 4.78. The molecule has 7 heteroatoms. The maximum atomic E-state index is 12.9. The van der Waals surface area contributed by atoms with Crippen LogP contribution in [-0.2, 0) is 11.3 Å². The second-order valence-corrected chi connectivity index (χ2v) is 7.54. The quantitative estimate of drug-likeness (QED) is 0.839. The lowest BCUT2D eigenvalue weighted by molar-refractivity contribution is -0.0913. The normalized spacial score (nSPS) is 24.1. The molecule has 6 nitrogen and oxygen atoms in total. The molecule has 25 heavy (non-hydrogen) atoms. The number of rotatable bonds is 3. The molecule has 2 aromatic heterocycles. The van der Waals surface area contributed by atoms with Gasteiger partial charge in [-0.15, -0.1) is 11.3 Å². The summed E-state index contributed by atoms with van der Waals surface area (Å²) in [5, 5.41) is 0. The Balaban J connectivity index is 1.50. The molecule has 0 radical (unpaired) electrons. The van der Waals surface area contributed by atoms with Crippen LogP contribution in [-0.4, -0.2) is 64.1 Å². The SMILES string of the molecule is Cc1ncsc1CN1CC[C@@H]2OCCN(C(=O)c3cccnc3)[C@H]2C1. The van der Waals surface area contributed by atoms with Gasteiger partial charge in [0.05, 0.1) is 35.5 Å². The number of fused-ring (bicyclic) bond motifs is 1. The van der Waals surface area contributed by atoms with Crippen molar-refractivity contribution in [1.82, 2.24) is 19.8 Å². The topological polar surface area (TPSA) is 58.6 Å². The van der Waals surface area contributed by atoms with Crippen LogP contribution < -0.4 is 0 Å². The molecule has 2 saturated heterocycles. The molecular formula is C18H22N4O2S. The fourth-order valence-corrected chi connectivity index (χ4v) is 4.49. The molecule has 0 bridgehead atoms. The lowest BCUT2D eigenvalue weighted by atomic mass is 9.97. The summed E-state index contributed by atoms with van der Waals surface area (Å²) in [6.07, 6.45) is 4.43. The van der Waals surface area contributed by atoms with E-state index in [2.05, 4.69) is 21.8 Å². The third-order valence-corrected chi connectivity index (χ3v) is 5.97. The van der Waals surface area contributed by atoms with Crippen LogP contribution in [0.15, 0.2) is 30.0 Å². The number of morpholine rings is 1. The van der Waals surface area contributed by atoms with Crippen LogP contribution in [0.25, 0.3) is 0 Å². The number of aromatic nitrogens is 2. The molecule has 0 aromatic carbocycles. The molecule has 0 saturated carbocycles. The van der Waals surface area contributed by atoms with Gasteiger partial charge in [-0.3, -0.25) is 14.7 Å². The summed E-state index contributed by atoms with van der Waals surface area (Å²) >= 11 is 1.70. The van der Waals surface area contributed by atoms with E-state index in [1.807, 2.05) is 22.5 Å². The number of carbonyl (C=O) groups is 1. The third kappa shape index (κ3) is 3.44. The zero-order valence-corrected chi connectivity index (χ0v) is 15.1. The maximum Gasteiger partial charge on any atom is 0.255 e. The van der Waals surface area contributed by atoms with Crippen molar-refractivity contribution in [2.75, 3.05) is 26.2 Å². The van der Waals surface area contributed by atoms with E-state index >= 15 is 0 Å². The van der Waals surface area contributed by atoms with Crippen LogP contribution in [0.4, 0.5) is 0 Å². The number of ether oxygens (including phenoxy) is 1. The molecule has 0 spiro atoms. The second-order valence-electron chi connectivity index (χ2n) is 6.60. The van der Waals surface area contributed by atoms with Crippen LogP contribution in [0.5, 0.6) is 0 Å². The first kappa shape index (κ1) is 16.6. The molecule has 132 valence electrons. The van der Waals surface area contributed by atoms with Crippen LogP contribution >= 0.6 is 11.3 Å². The Morgan fingerprint density at radius 3 is 3.12 bits per heavy atom. The number of aryl methyl sites for hydroxylation is 1. The van der Waals surface area contributed by atoms with Gasteiger partial charge in [0.15, 0.2) is 0 Å². The number of piperidine rings is 1. The summed E-state index contributed by atoms with van der Waals surface area (Å²) in [7, 11) is 0. The molecule has 2 aliphatic rings. The van der Waals surface area contributed by atoms with E-state index in [1.165, 1.54) is 4.88 Å². The number of hydrogen-bond donors (Lipinski definition) is 0. The summed E-state index contributed by atoms with van der Waals surface area (Å²) in [6.45, 7) is 6.04. The molecule has 2 aliphatic heterocycles. The molecule has 4 rings (SSSR count). The highest BCUT2D eigenvalue weighted by Crippen LogP contribution is 2.26. The predicted molar refractivity (Wildman–Crippen MR) is 95.5 cm³/mol. The van der Waals surface area contributed by atoms with E-state index in [4.69, 9.17) is 4.74 Å². The fraction of sp³-hybridized carbons (Fsp3) is 0.500. The Hall–Kier alpha value is -1.83. The zero-order valence-electron chi connectivity index (χ0n) is 14.3. The highest BCUT2D eigenvalue weighted by Gasteiger charge is 2.39. The van der Waals surface area contributed by atoms with E-state index < -0.39 is 0 Å². The van der Waals surface area contributed by atoms with E-state index in [1.54, 1.807) is 23.7 Å². The number of likely N-dealkylation sites (tertiary alicyclic amines) is 1. The number of thiazole rings is 1. The number of pyridine rings is 1. The number of nitrogens with zero attached hydrogens (tertiary/aromatic N) is 4. The van der Waals surface area contributed by atoms with E-state index in [0.717, 1.165) is 31.7 Å². The van der Waals surface area contributed by atoms with Gasteiger partial charge in [-0.2, -0.15) is 0 Å². The highest BCUT2D eigenvalue weighted by atomic mass is 32.1. The largest absolute Gasteiger partial charge is 0.374 e. The Morgan fingerprint density at radius 2 is 2.36 bits per heavy atom. The van der Waals surface area contributed by atoms with Crippen LogP contribution in [0.1, 0.15) is 27.3 Å². The summed E-state index contributed by atoms with van der Waals surface area (Å²) in [4.78, 5) is 27.1. The van der Waals surface area contributed by atoms with Crippen molar-refractivity contribution in [2.45, 2.75) is 32.0 Å².